The number of phosphoric acid groups is 1. The van der Waals surface area contributed by atoms with Crippen molar-refractivity contribution in [3.05, 3.63) is 0 Å². The smallest absolute Gasteiger partial charge is 0.457 e. The summed E-state index contributed by atoms with van der Waals surface area (Å²) in [4.78, 5) is 21.8. The SMILES string of the molecule is CCCCCCCCCCCCCCOCC(COP(=O)(O)OCCN)OC(=O)CCCCCC. The number of hydrogen-bond acceptors (Lipinski definition) is 7. The molecule has 210 valence electrons. The van der Waals surface area contributed by atoms with E-state index in [9.17, 15) is 14.3 Å². The quantitative estimate of drug-likeness (QED) is 0.0695. The Labute approximate surface area is 214 Å². The zero-order valence-electron chi connectivity index (χ0n) is 22.6. The van der Waals surface area contributed by atoms with Crippen LogP contribution in [0.25, 0.3) is 0 Å². The number of carbonyl (C=O) groups excluding carboxylic acids is 1. The van der Waals surface area contributed by atoms with E-state index < -0.39 is 13.9 Å². The summed E-state index contributed by atoms with van der Waals surface area (Å²) in [6, 6.07) is 0. The van der Waals surface area contributed by atoms with E-state index in [-0.39, 0.29) is 32.3 Å². The first-order chi connectivity index (χ1) is 16.9. The van der Waals surface area contributed by atoms with Crippen molar-refractivity contribution in [1.29, 1.82) is 0 Å². The number of phosphoric ester groups is 1. The highest BCUT2D eigenvalue weighted by molar-refractivity contribution is 7.47. The first-order valence-electron chi connectivity index (χ1n) is 14.0. The molecule has 0 aliphatic rings. The Morgan fingerprint density at radius 2 is 1.26 bits per heavy atom. The molecule has 0 radical (unpaired) electrons. The maximum absolute atomic E-state index is 12.1. The summed E-state index contributed by atoms with van der Waals surface area (Å²) < 4.78 is 32.7. The Balaban J connectivity index is 4.05. The third kappa shape index (κ3) is 25.0. The second-order valence-corrected chi connectivity index (χ2v) is 10.7. The molecule has 0 aromatic rings. The molecule has 0 rings (SSSR count). The van der Waals surface area contributed by atoms with Crippen LogP contribution in [0, 0.1) is 0 Å². The average Bonchev–Trinajstić information content (AvgIpc) is 2.84. The minimum atomic E-state index is -4.24. The molecule has 0 aromatic carbocycles. The van der Waals surface area contributed by atoms with Gasteiger partial charge in [0.05, 0.1) is 19.8 Å². The molecule has 0 amide bonds. The first-order valence-corrected chi connectivity index (χ1v) is 15.5. The Bertz CT molecular complexity index is 522. The largest absolute Gasteiger partial charge is 0.472 e. The summed E-state index contributed by atoms with van der Waals surface area (Å²) in [5.41, 5.74) is 5.29. The number of ether oxygens (including phenoxy) is 2. The van der Waals surface area contributed by atoms with Gasteiger partial charge in [-0.25, -0.2) is 4.57 Å². The van der Waals surface area contributed by atoms with Crippen LogP contribution in [0.2, 0.25) is 0 Å². The van der Waals surface area contributed by atoms with Gasteiger partial charge in [0.2, 0.25) is 0 Å². The molecule has 0 saturated carbocycles. The molecule has 2 atom stereocenters. The fourth-order valence-corrected chi connectivity index (χ4v) is 4.46. The van der Waals surface area contributed by atoms with Crippen molar-refractivity contribution in [3.63, 3.8) is 0 Å². The number of nitrogens with two attached hydrogens (primary N) is 1. The van der Waals surface area contributed by atoms with Gasteiger partial charge >= 0.3 is 13.8 Å². The molecule has 0 aliphatic heterocycles. The predicted octanol–water partition coefficient (Wildman–Crippen LogP) is 6.68. The monoisotopic (exact) mass is 523 g/mol. The maximum atomic E-state index is 12.1. The first kappa shape index (κ1) is 34.5. The lowest BCUT2D eigenvalue weighted by Gasteiger charge is -2.20. The van der Waals surface area contributed by atoms with E-state index in [0.717, 1.165) is 38.5 Å². The summed E-state index contributed by atoms with van der Waals surface area (Å²) in [7, 11) is -4.24. The van der Waals surface area contributed by atoms with Crippen molar-refractivity contribution in [2.24, 2.45) is 5.73 Å². The van der Waals surface area contributed by atoms with Gasteiger partial charge in [-0.3, -0.25) is 13.8 Å². The highest BCUT2D eigenvalue weighted by Crippen LogP contribution is 2.43. The van der Waals surface area contributed by atoms with Crippen LogP contribution in [0.5, 0.6) is 0 Å². The Hall–Kier alpha value is -0.500. The topological polar surface area (TPSA) is 117 Å². The van der Waals surface area contributed by atoms with Crippen molar-refractivity contribution in [2.75, 3.05) is 33.0 Å². The highest BCUT2D eigenvalue weighted by Gasteiger charge is 2.25. The lowest BCUT2D eigenvalue weighted by molar-refractivity contribution is -0.154. The lowest BCUT2D eigenvalue weighted by Crippen LogP contribution is -2.28. The minimum Gasteiger partial charge on any atom is -0.457 e. The summed E-state index contributed by atoms with van der Waals surface area (Å²) in [5, 5.41) is 0. The van der Waals surface area contributed by atoms with Gasteiger partial charge in [-0.1, -0.05) is 104 Å². The van der Waals surface area contributed by atoms with Gasteiger partial charge in [0, 0.05) is 19.6 Å². The van der Waals surface area contributed by atoms with E-state index in [1.807, 2.05) is 0 Å². The molecule has 3 N–H and O–H groups in total. The van der Waals surface area contributed by atoms with Crippen LogP contribution in [-0.4, -0.2) is 49.9 Å². The Morgan fingerprint density at radius 1 is 0.743 bits per heavy atom. The van der Waals surface area contributed by atoms with Crippen LogP contribution >= 0.6 is 7.82 Å². The molecule has 0 heterocycles. The predicted molar refractivity (Wildman–Crippen MR) is 141 cm³/mol. The van der Waals surface area contributed by atoms with Crippen LogP contribution in [0.3, 0.4) is 0 Å². The van der Waals surface area contributed by atoms with Gasteiger partial charge in [-0.15, -0.1) is 0 Å². The number of unbranched alkanes of at least 4 members (excludes halogenated alkanes) is 14. The van der Waals surface area contributed by atoms with E-state index >= 15 is 0 Å². The van der Waals surface area contributed by atoms with Crippen molar-refractivity contribution < 1.29 is 32.8 Å². The maximum Gasteiger partial charge on any atom is 0.472 e. The Morgan fingerprint density at radius 3 is 1.80 bits per heavy atom. The van der Waals surface area contributed by atoms with E-state index in [0.29, 0.717) is 13.0 Å². The van der Waals surface area contributed by atoms with Crippen LogP contribution in [0.1, 0.15) is 123 Å². The summed E-state index contributed by atoms with van der Waals surface area (Å²) in [6.45, 7) is 4.78. The van der Waals surface area contributed by atoms with Gasteiger partial charge in [-0.2, -0.15) is 0 Å². The highest BCUT2D eigenvalue weighted by atomic mass is 31.2. The van der Waals surface area contributed by atoms with Gasteiger partial charge in [0.1, 0.15) is 6.10 Å². The molecule has 8 nitrogen and oxygen atoms in total. The van der Waals surface area contributed by atoms with Crippen molar-refractivity contribution in [2.45, 2.75) is 129 Å². The Kier molecular flexibility index (Phi) is 24.8. The molecule has 9 heteroatoms. The molecule has 2 unspecified atom stereocenters. The van der Waals surface area contributed by atoms with Crippen LogP contribution < -0.4 is 5.73 Å². The van der Waals surface area contributed by atoms with Gasteiger partial charge in [0.15, 0.2) is 0 Å². The van der Waals surface area contributed by atoms with E-state index in [1.54, 1.807) is 0 Å². The molecule has 0 fully saturated rings. The average molecular weight is 524 g/mol. The number of hydrogen-bond donors (Lipinski definition) is 2. The van der Waals surface area contributed by atoms with Crippen molar-refractivity contribution in [1.82, 2.24) is 0 Å². The summed E-state index contributed by atoms with van der Waals surface area (Å²) in [6.07, 6.45) is 18.7. The van der Waals surface area contributed by atoms with E-state index in [4.69, 9.17) is 24.3 Å². The second kappa shape index (κ2) is 25.2. The van der Waals surface area contributed by atoms with E-state index in [1.165, 1.54) is 64.2 Å². The zero-order valence-corrected chi connectivity index (χ0v) is 23.4. The van der Waals surface area contributed by atoms with Gasteiger partial charge in [0.25, 0.3) is 0 Å². The number of rotatable bonds is 27. The second-order valence-electron chi connectivity index (χ2n) is 9.27. The summed E-state index contributed by atoms with van der Waals surface area (Å²) >= 11 is 0. The molecule has 0 bridgehead atoms. The molecule has 0 spiro atoms. The normalized spacial score (nSPS) is 14.1. The number of esters is 1. The fourth-order valence-electron chi connectivity index (χ4n) is 3.70. The molecule has 0 aliphatic carbocycles. The van der Waals surface area contributed by atoms with Crippen LogP contribution in [-0.2, 0) is 27.9 Å². The molecule has 35 heavy (non-hydrogen) atoms. The molecular formula is C26H54NO7P. The molecule has 0 aromatic heterocycles. The zero-order chi connectivity index (χ0) is 26.0. The number of carbonyl (C=O) groups is 1. The lowest BCUT2D eigenvalue weighted by atomic mass is 10.1. The van der Waals surface area contributed by atoms with Crippen LogP contribution in [0.15, 0.2) is 0 Å². The molecule has 0 saturated heterocycles. The minimum absolute atomic E-state index is 0.0921. The van der Waals surface area contributed by atoms with Crippen LogP contribution in [0.4, 0.5) is 0 Å². The third-order valence-corrected chi connectivity index (χ3v) is 6.76. The van der Waals surface area contributed by atoms with Gasteiger partial charge in [-0.05, 0) is 12.8 Å². The van der Waals surface area contributed by atoms with E-state index in [2.05, 4.69) is 13.8 Å². The molecular weight excluding hydrogens is 469 g/mol. The fraction of sp³-hybridized carbons (Fsp3) is 0.962. The summed E-state index contributed by atoms with van der Waals surface area (Å²) in [5.74, 6) is -0.348. The van der Waals surface area contributed by atoms with Gasteiger partial charge < -0.3 is 20.1 Å². The van der Waals surface area contributed by atoms with Crippen molar-refractivity contribution >= 4 is 13.8 Å². The third-order valence-electron chi connectivity index (χ3n) is 5.77. The standard InChI is InChI=1S/C26H54NO7P/c1-3-5-7-9-10-11-12-13-14-15-16-18-21-31-23-25(24-33-35(29,30)32-22-20-27)34-26(28)19-17-8-6-4-2/h25H,3-24,27H2,1-2H3,(H,29,30). The van der Waals surface area contributed by atoms with Crippen molar-refractivity contribution in [3.8, 4) is 0 Å².